The smallest absolute Gasteiger partial charge is 0.264 e. The highest BCUT2D eigenvalue weighted by Crippen LogP contribution is 2.27. The van der Waals surface area contributed by atoms with Gasteiger partial charge in [-0.3, -0.25) is 13.9 Å². The molecule has 0 aliphatic heterocycles. The van der Waals surface area contributed by atoms with Crippen LogP contribution in [0, 0.1) is 12.7 Å². The van der Waals surface area contributed by atoms with Crippen LogP contribution in [0.3, 0.4) is 0 Å². The lowest BCUT2D eigenvalue weighted by atomic mass is 10.1. The Hall–Kier alpha value is -3.72. The van der Waals surface area contributed by atoms with E-state index in [1.54, 1.807) is 32.0 Å². The third kappa shape index (κ3) is 6.54. The van der Waals surface area contributed by atoms with Crippen molar-refractivity contribution in [2.75, 3.05) is 17.4 Å². The van der Waals surface area contributed by atoms with Crippen molar-refractivity contribution in [2.45, 2.75) is 44.7 Å². The average Bonchev–Trinajstić information content (AvgIpc) is 2.89. The number of para-hydroxylation sites is 1. The molecule has 0 bridgehead atoms. The first kappa shape index (κ1) is 27.9. The molecule has 1 unspecified atom stereocenters. The van der Waals surface area contributed by atoms with Gasteiger partial charge in [-0.25, -0.2) is 12.8 Å². The van der Waals surface area contributed by atoms with Crippen molar-refractivity contribution >= 4 is 27.5 Å². The van der Waals surface area contributed by atoms with Gasteiger partial charge in [-0.05, 0) is 55.7 Å². The molecule has 0 aliphatic rings. The number of rotatable bonds is 11. The monoisotopic (exact) mass is 525 g/mol. The van der Waals surface area contributed by atoms with Crippen LogP contribution < -0.4 is 9.62 Å². The predicted octanol–water partition coefficient (Wildman–Crippen LogP) is 4.27. The molecule has 1 N–H and O–H groups in total. The maximum atomic E-state index is 14.9. The second-order valence-electron chi connectivity index (χ2n) is 8.54. The maximum Gasteiger partial charge on any atom is 0.264 e. The van der Waals surface area contributed by atoms with Gasteiger partial charge in [0.15, 0.2) is 0 Å². The van der Waals surface area contributed by atoms with Gasteiger partial charge in [0.2, 0.25) is 11.8 Å². The molecule has 0 saturated carbocycles. The number of anilines is 1. The number of carbonyl (C=O) groups is 2. The van der Waals surface area contributed by atoms with Gasteiger partial charge in [0.1, 0.15) is 18.4 Å². The molecule has 0 spiro atoms. The van der Waals surface area contributed by atoms with Gasteiger partial charge in [-0.1, -0.05) is 61.5 Å². The number of halogens is 1. The molecular formula is C28H32FN3O4S. The summed E-state index contributed by atoms with van der Waals surface area (Å²) in [6, 6.07) is 19.6. The highest BCUT2D eigenvalue weighted by atomic mass is 32.2. The molecule has 0 saturated heterocycles. The van der Waals surface area contributed by atoms with E-state index in [1.165, 1.54) is 35.2 Å². The lowest BCUT2D eigenvalue weighted by Crippen LogP contribution is -2.52. The largest absolute Gasteiger partial charge is 0.355 e. The fourth-order valence-corrected chi connectivity index (χ4v) is 5.51. The van der Waals surface area contributed by atoms with Gasteiger partial charge >= 0.3 is 0 Å². The van der Waals surface area contributed by atoms with Gasteiger partial charge in [0.25, 0.3) is 10.0 Å². The topological polar surface area (TPSA) is 86.8 Å². The van der Waals surface area contributed by atoms with Crippen LogP contribution in [0.2, 0.25) is 0 Å². The molecular weight excluding hydrogens is 493 g/mol. The summed E-state index contributed by atoms with van der Waals surface area (Å²) in [5.74, 6) is -1.74. The van der Waals surface area contributed by atoms with E-state index in [4.69, 9.17) is 0 Å². The lowest BCUT2D eigenvalue weighted by Gasteiger charge is -2.33. The number of aryl methyl sites for hydroxylation is 1. The number of hydrogen-bond donors (Lipinski definition) is 1. The molecule has 196 valence electrons. The second-order valence-corrected chi connectivity index (χ2v) is 10.4. The van der Waals surface area contributed by atoms with Crippen LogP contribution in [0.5, 0.6) is 0 Å². The first-order valence-corrected chi connectivity index (χ1v) is 13.6. The summed E-state index contributed by atoms with van der Waals surface area (Å²) in [5.41, 5.74) is 1.50. The molecule has 3 rings (SSSR count). The summed E-state index contributed by atoms with van der Waals surface area (Å²) in [5, 5.41) is 2.76. The molecule has 7 nitrogen and oxygen atoms in total. The zero-order valence-electron chi connectivity index (χ0n) is 21.2. The Labute approximate surface area is 218 Å². The van der Waals surface area contributed by atoms with E-state index >= 15 is 0 Å². The number of sulfonamides is 1. The predicted molar refractivity (Wildman–Crippen MR) is 142 cm³/mol. The van der Waals surface area contributed by atoms with Crippen LogP contribution >= 0.6 is 0 Å². The molecule has 37 heavy (non-hydrogen) atoms. The zero-order chi connectivity index (χ0) is 27.0. The Kier molecular flexibility index (Phi) is 9.41. The third-order valence-corrected chi connectivity index (χ3v) is 7.84. The van der Waals surface area contributed by atoms with Gasteiger partial charge < -0.3 is 10.2 Å². The van der Waals surface area contributed by atoms with Crippen molar-refractivity contribution in [2.24, 2.45) is 0 Å². The van der Waals surface area contributed by atoms with Crippen LogP contribution in [0.4, 0.5) is 10.1 Å². The van der Waals surface area contributed by atoms with Crippen molar-refractivity contribution in [1.82, 2.24) is 10.2 Å². The van der Waals surface area contributed by atoms with Gasteiger partial charge in [-0.15, -0.1) is 0 Å². The van der Waals surface area contributed by atoms with Crippen molar-refractivity contribution in [3.63, 3.8) is 0 Å². The number of amides is 2. The quantitative estimate of drug-likeness (QED) is 0.405. The fourth-order valence-electron chi connectivity index (χ4n) is 4.07. The molecule has 0 aromatic heterocycles. The van der Waals surface area contributed by atoms with Crippen molar-refractivity contribution < 1.29 is 22.4 Å². The lowest BCUT2D eigenvalue weighted by molar-refractivity contribution is -0.140. The Morgan fingerprint density at radius 1 is 0.919 bits per heavy atom. The number of carbonyl (C=O) groups excluding carboxylic acids is 2. The number of hydrogen-bond acceptors (Lipinski definition) is 4. The molecule has 0 radical (unpaired) electrons. The molecule has 9 heteroatoms. The molecule has 3 aromatic carbocycles. The third-order valence-electron chi connectivity index (χ3n) is 6.07. The molecule has 3 aromatic rings. The fraction of sp³-hybridized carbons (Fsp3) is 0.286. The molecule has 0 fully saturated rings. The minimum atomic E-state index is -4.30. The van der Waals surface area contributed by atoms with E-state index in [0.717, 1.165) is 21.5 Å². The van der Waals surface area contributed by atoms with Crippen LogP contribution in [-0.4, -0.2) is 44.3 Å². The second kappa shape index (κ2) is 12.5. The molecule has 1 atom stereocenters. The van der Waals surface area contributed by atoms with Gasteiger partial charge in [0, 0.05) is 13.1 Å². The maximum absolute atomic E-state index is 14.9. The first-order chi connectivity index (χ1) is 17.7. The minimum absolute atomic E-state index is 0.0766. The SMILES string of the molecule is CCNC(=O)C(CC)N(Cc1ccccc1C)C(=O)CN(c1ccccc1F)S(=O)(=O)c1ccccc1. The zero-order valence-corrected chi connectivity index (χ0v) is 22.0. The Bertz CT molecular complexity index is 1330. The number of likely N-dealkylation sites (N-methyl/N-ethyl adjacent to an activating group) is 1. The van der Waals surface area contributed by atoms with E-state index < -0.39 is 34.3 Å². The molecule has 0 aliphatic carbocycles. The first-order valence-electron chi connectivity index (χ1n) is 12.1. The normalized spacial score (nSPS) is 12.0. The summed E-state index contributed by atoms with van der Waals surface area (Å²) in [4.78, 5) is 28.1. The molecule has 0 heterocycles. The van der Waals surface area contributed by atoms with Crippen molar-refractivity contribution in [1.29, 1.82) is 0 Å². The van der Waals surface area contributed by atoms with E-state index in [0.29, 0.717) is 13.0 Å². The van der Waals surface area contributed by atoms with E-state index in [9.17, 15) is 22.4 Å². The highest BCUT2D eigenvalue weighted by molar-refractivity contribution is 7.92. The van der Waals surface area contributed by atoms with Crippen LogP contribution in [-0.2, 0) is 26.2 Å². The summed E-state index contributed by atoms with van der Waals surface area (Å²) in [6.07, 6.45) is 0.314. The highest BCUT2D eigenvalue weighted by Gasteiger charge is 2.34. The van der Waals surface area contributed by atoms with Crippen molar-refractivity contribution in [3.05, 3.63) is 95.8 Å². The Balaban J connectivity index is 2.07. The van der Waals surface area contributed by atoms with Gasteiger partial charge in [0.05, 0.1) is 10.6 Å². The molecule has 2 amide bonds. The standard InChI is InChI=1S/C28H32FN3O4S/c1-4-25(28(34)30-5-2)31(19-22-14-10-9-13-21(22)3)27(33)20-32(26-18-12-11-17-24(26)29)37(35,36)23-15-7-6-8-16-23/h6-18,25H,4-5,19-20H2,1-3H3,(H,30,34). The van der Waals surface area contributed by atoms with Crippen LogP contribution in [0.1, 0.15) is 31.4 Å². The summed E-state index contributed by atoms with van der Waals surface area (Å²) in [6.45, 7) is 5.26. The number of benzene rings is 3. The summed E-state index contributed by atoms with van der Waals surface area (Å²) >= 11 is 0. The summed E-state index contributed by atoms with van der Waals surface area (Å²) < 4.78 is 42.9. The van der Waals surface area contributed by atoms with Crippen LogP contribution in [0.25, 0.3) is 0 Å². The number of nitrogens with one attached hydrogen (secondary N) is 1. The Morgan fingerprint density at radius 3 is 2.16 bits per heavy atom. The van der Waals surface area contributed by atoms with Crippen LogP contribution in [0.15, 0.2) is 83.8 Å². The van der Waals surface area contributed by atoms with E-state index in [1.807, 2.05) is 31.2 Å². The van der Waals surface area contributed by atoms with E-state index in [2.05, 4.69) is 5.32 Å². The Morgan fingerprint density at radius 2 is 1.54 bits per heavy atom. The minimum Gasteiger partial charge on any atom is -0.355 e. The summed E-state index contributed by atoms with van der Waals surface area (Å²) in [7, 11) is -4.30. The number of nitrogens with zero attached hydrogens (tertiary/aromatic N) is 2. The van der Waals surface area contributed by atoms with Crippen molar-refractivity contribution in [3.8, 4) is 0 Å². The average molecular weight is 526 g/mol. The van der Waals surface area contributed by atoms with E-state index in [-0.39, 0.29) is 23.0 Å². The van der Waals surface area contributed by atoms with Gasteiger partial charge in [-0.2, -0.15) is 0 Å².